The Labute approximate surface area is 112 Å². The number of anilines is 2. The molecule has 2 aromatic carbocycles. The van der Waals surface area contributed by atoms with Crippen LogP contribution in [0.1, 0.15) is 22.8 Å². The SMILES string of the molecule is CCN(c1ccc(C=O)c(C)c1)c1ccccc1F. The lowest BCUT2D eigenvalue weighted by molar-refractivity contribution is 0.112. The van der Waals surface area contributed by atoms with Gasteiger partial charge in [0.05, 0.1) is 5.69 Å². The summed E-state index contributed by atoms with van der Waals surface area (Å²) in [7, 11) is 0. The fourth-order valence-corrected chi connectivity index (χ4v) is 2.12. The second kappa shape index (κ2) is 5.65. The van der Waals surface area contributed by atoms with Crippen LogP contribution in [0.3, 0.4) is 0 Å². The molecule has 0 radical (unpaired) electrons. The fourth-order valence-electron chi connectivity index (χ4n) is 2.12. The minimum Gasteiger partial charge on any atom is -0.339 e. The first-order valence-electron chi connectivity index (χ1n) is 6.25. The summed E-state index contributed by atoms with van der Waals surface area (Å²) >= 11 is 0. The molecule has 0 N–H and O–H groups in total. The Kier molecular flexibility index (Phi) is 3.95. The van der Waals surface area contributed by atoms with Gasteiger partial charge in [-0.1, -0.05) is 12.1 Å². The zero-order valence-corrected chi connectivity index (χ0v) is 11.1. The number of carbonyl (C=O) groups is 1. The van der Waals surface area contributed by atoms with E-state index in [1.807, 2.05) is 36.9 Å². The van der Waals surface area contributed by atoms with Crippen LogP contribution < -0.4 is 4.90 Å². The molecule has 2 nitrogen and oxygen atoms in total. The molecular weight excluding hydrogens is 241 g/mol. The molecule has 2 rings (SSSR count). The molecule has 0 unspecified atom stereocenters. The third-order valence-corrected chi connectivity index (χ3v) is 3.15. The van der Waals surface area contributed by atoms with Crippen molar-refractivity contribution in [3.63, 3.8) is 0 Å². The molecule has 0 bridgehead atoms. The van der Waals surface area contributed by atoms with E-state index in [0.29, 0.717) is 17.8 Å². The highest BCUT2D eigenvalue weighted by molar-refractivity contribution is 5.79. The minimum atomic E-state index is -0.249. The summed E-state index contributed by atoms with van der Waals surface area (Å²) in [6.07, 6.45) is 0.832. The zero-order chi connectivity index (χ0) is 13.8. The van der Waals surface area contributed by atoms with Gasteiger partial charge >= 0.3 is 0 Å². The molecule has 0 atom stereocenters. The Morgan fingerprint density at radius 3 is 2.53 bits per heavy atom. The van der Waals surface area contributed by atoms with Crippen LogP contribution in [0.2, 0.25) is 0 Å². The van der Waals surface area contributed by atoms with Crippen molar-refractivity contribution in [3.05, 3.63) is 59.4 Å². The van der Waals surface area contributed by atoms with E-state index in [9.17, 15) is 9.18 Å². The highest BCUT2D eigenvalue weighted by atomic mass is 19.1. The standard InChI is InChI=1S/C16H16FNO/c1-3-18(16-7-5-4-6-15(16)17)14-9-8-13(11-19)12(2)10-14/h4-11H,3H2,1-2H3. The zero-order valence-electron chi connectivity index (χ0n) is 11.1. The number of hydrogen-bond donors (Lipinski definition) is 0. The molecule has 0 amide bonds. The van der Waals surface area contributed by atoms with Gasteiger partial charge in [0.15, 0.2) is 0 Å². The van der Waals surface area contributed by atoms with E-state index in [0.717, 1.165) is 17.5 Å². The number of halogens is 1. The van der Waals surface area contributed by atoms with Crippen LogP contribution in [0.5, 0.6) is 0 Å². The molecule has 0 aliphatic carbocycles. The quantitative estimate of drug-likeness (QED) is 0.768. The van der Waals surface area contributed by atoms with Crippen molar-refractivity contribution in [2.75, 3.05) is 11.4 Å². The van der Waals surface area contributed by atoms with Gasteiger partial charge < -0.3 is 4.90 Å². The van der Waals surface area contributed by atoms with Gasteiger partial charge in [-0.2, -0.15) is 0 Å². The molecule has 0 aliphatic rings. The predicted molar refractivity (Wildman–Crippen MR) is 75.6 cm³/mol. The number of para-hydroxylation sites is 1. The molecule has 0 aromatic heterocycles. The summed E-state index contributed by atoms with van der Waals surface area (Å²) in [6, 6.07) is 12.2. The van der Waals surface area contributed by atoms with Crippen molar-refractivity contribution in [1.29, 1.82) is 0 Å². The molecule has 0 saturated heterocycles. The van der Waals surface area contributed by atoms with Crippen molar-refractivity contribution >= 4 is 17.7 Å². The summed E-state index contributed by atoms with van der Waals surface area (Å²) in [5, 5.41) is 0. The molecular formula is C16H16FNO. The molecule has 98 valence electrons. The summed E-state index contributed by atoms with van der Waals surface area (Å²) < 4.78 is 13.9. The van der Waals surface area contributed by atoms with Crippen molar-refractivity contribution in [2.24, 2.45) is 0 Å². The first-order chi connectivity index (χ1) is 9.17. The van der Waals surface area contributed by atoms with Gasteiger partial charge in [0.2, 0.25) is 0 Å². The van der Waals surface area contributed by atoms with E-state index in [4.69, 9.17) is 0 Å². The van der Waals surface area contributed by atoms with Gasteiger partial charge in [0.1, 0.15) is 12.1 Å². The van der Waals surface area contributed by atoms with Crippen LogP contribution in [0.25, 0.3) is 0 Å². The van der Waals surface area contributed by atoms with Crippen LogP contribution >= 0.6 is 0 Å². The Hall–Kier alpha value is -2.16. The third-order valence-electron chi connectivity index (χ3n) is 3.15. The van der Waals surface area contributed by atoms with Gasteiger partial charge in [-0.3, -0.25) is 4.79 Å². The molecule has 0 aliphatic heterocycles. The number of hydrogen-bond acceptors (Lipinski definition) is 2. The Morgan fingerprint density at radius 1 is 1.21 bits per heavy atom. The summed E-state index contributed by atoms with van der Waals surface area (Å²) in [6.45, 7) is 4.50. The summed E-state index contributed by atoms with van der Waals surface area (Å²) in [4.78, 5) is 12.7. The number of nitrogens with zero attached hydrogens (tertiary/aromatic N) is 1. The Morgan fingerprint density at radius 2 is 1.95 bits per heavy atom. The Bertz CT molecular complexity index is 595. The van der Waals surface area contributed by atoms with Crippen LogP contribution in [0.15, 0.2) is 42.5 Å². The second-order valence-corrected chi connectivity index (χ2v) is 4.35. The number of aryl methyl sites for hydroxylation is 1. The lowest BCUT2D eigenvalue weighted by Crippen LogP contribution is -2.17. The molecule has 0 heterocycles. The lowest BCUT2D eigenvalue weighted by Gasteiger charge is -2.24. The van der Waals surface area contributed by atoms with E-state index < -0.39 is 0 Å². The van der Waals surface area contributed by atoms with Gasteiger partial charge in [-0.05, 0) is 49.7 Å². The second-order valence-electron chi connectivity index (χ2n) is 4.35. The molecule has 19 heavy (non-hydrogen) atoms. The number of carbonyl (C=O) groups excluding carboxylic acids is 1. The molecule has 0 fully saturated rings. The number of rotatable bonds is 4. The van der Waals surface area contributed by atoms with Crippen molar-refractivity contribution in [1.82, 2.24) is 0 Å². The van der Waals surface area contributed by atoms with Crippen molar-refractivity contribution in [3.8, 4) is 0 Å². The van der Waals surface area contributed by atoms with Crippen LogP contribution in [-0.2, 0) is 0 Å². The smallest absolute Gasteiger partial charge is 0.150 e. The van der Waals surface area contributed by atoms with Gasteiger partial charge in [0.25, 0.3) is 0 Å². The van der Waals surface area contributed by atoms with Crippen molar-refractivity contribution in [2.45, 2.75) is 13.8 Å². The molecule has 3 heteroatoms. The number of benzene rings is 2. The summed E-state index contributed by atoms with van der Waals surface area (Å²) in [5.41, 5.74) is 2.98. The molecule has 0 spiro atoms. The number of aldehydes is 1. The maximum Gasteiger partial charge on any atom is 0.150 e. The van der Waals surface area contributed by atoms with Crippen molar-refractivity contribution < 1.29 is 9.18 Å². The van der Waals surface area contributed by atoms with E-state index in [-0.39, 0.29) is 5.82 Å². The van der Waals surface area contributed by atoms with Crippen LogP contribution in [-0.4, -0.2) is 12.8 Å². The largest absolute Gasteiger partial charge is 0.339 e. The highest BCUT2D eigenvalue weighted by Crippen LogP contribution is 2.28. The van der Waals surface area contributed by atoms with Crippen LogP contribution in [0.4, 0.5) is 15.8 Å². The highest BCUT2D eigenvalue weighted by Gasteiger charge is 2.12. The van der Waals surface area contributed by atoms with E-state index in [1.165, 1.54) is 6.07 Å². The van der Waals surface area contributed by atoms with E-state index in [2.05, 4.69) is 0 Å². The van der Waals surface area contributed by atoms with Gasteiger partial charge in [-0.25, -0.2) is 4.39 Å². The third kappa shape index (κ3) is 2.65. The average molecular weight is 257 g/mol. The van der Waals surface area contributed by atoms with Crippen LogP contribution in [0, 0.1) is 12.7 Å². The Balaban J connectivity index is 2.46. The molecule has 0 saturated carbocycles. The molecule has 2 aromatic rings. The normalized spacial score (nSPS) is 10.3. The fraction of sp³-hybridized carbons (Fsp3) is 0.188. The monoisotopic (exact) mass is 257 g/mol. The first-order valence-corrected chi connectivity index (χ1v) is 6.25. The predicted octanol–water partition coefficient (Wildman–Crippen LogP) is 4.10. The van der Waals surface area contributed by atoms with E-state index >= 15 is 0 Å². The average Bonchev–Trinajstić information content (AvgIpc) is 2.42. The first kappa shape index (κ1) is 13.3. The van der Waals surface area contributed by atoms with Gasteiger partial charge in [-0.15, -0.1) is 0 Å². The summed E-state index contributed by atoms with van der Waals surface area (Å²) in [5.74, 6) is -0.249. The topological polar surface area (TPSA) is 20.3 Å². The maximum absolute atomic E-state index is 13.9. The lowest BCUT2D eigenvalue weighted by atomic mass is 10.1. The van der Waals surface area contributed by atoms with E-state index in [1.54, 1.807) is 18.2 Å². The minimum absolute atomic E-state index is 0.249. The van der Waals surface area contributed by atoms with Gasteiger partial charge in [0, 0.05) is 17.8 Å². The maximum atomic E-state index is 13.9.